The van der Waals surface area contributed by atoms with Gasteiger partial charge in [0.25, 0.3) is 11.8 Å². The van der Waals surface area contributed by atoms with Gasteiger partial charge in [-0.25, -0.2) is 0 Å². The van der Waals surface area contributed by atoms with Crippen LogP contribution in [0.5, 0.6) is 46.0 Å². The number of benzene rings is 4. The molecular weight excluding hydrogens is 670 g/mol. The fourth-order valence-electron chi connectivity index (χ4n) is 6.46. The van der Waals surface area contributed by atoms with Gasteiger partial charge in [0.1, 0.15) is 5.69 Å². The van der Waals surface area contributed by atoms with Crippen LogP contribution in [0.15, 0.2) is 91.1 Å². The number of pyridine rings is 1. The summed E-state index contributed by atoms with van der Waals surface area (Å²) in [6.07, 6.45) is 1.49. The number of hydrogen-bond donors (Lipinski definition) is 0. The number of ether oxygens (including phenoxy) is 8. The van der Waals surface area contributed by atoms with E-state index >= 15 is 0 Å². The van der Waals surface area contributed by atoms with Gasteiger partial charge in [-0.1, -0.05) is 24.3 Å². The Morgan fingerprint density at radius 2 is 0.788 bits per heavy atom. The molecule has 262 valence electrons. The molecule has 4 aliphatic rings. The maximum Gasteiger partial charge on any atom is 0.273 e. The van der Waals surface area contributed by atoms with Crippen LogP contribution in [-0.2, 0) is 26.2 Å². The highest BCUT2D eigenvalue weighted by Gasteiger charge is 2.25. The zero-order valence-corrected chi connectivity index (χ0v) is 27.7. The first kappa shape index (κ1) is 31.4. The number of nitrogens with zero attached hydrogens (tertiary/aromatic N) is 3. The normalized spacial score (nSPS) is 14.0. The lowest BCUT2D eigenvalue weighted by Crippen LogP contribution is -2.32. The quantitative estimate of drug-likeness (QED) is 0.178. The van der Waals surface area contributed by atoms with Gasteiger partial charge in [0.05, 0.1) is 0 Å². The summed E-state index contributed by atoms with van der Waals surface area (Å²) in [6, 6.07) is 25.5. The van der Waals surface area contributed by atoms with Crippen molar-refractivity contribution < 1.29 is 47.5 Å². The number of hydrogen-bond acceptors (Lipinski definition) is 11. The number of amides is 2. The summed E-state index contributed by atoms with van der Waals surface area (Å²) in [5, 5.41) is 0. The first-order valence-electron chi connectivity index (χ1n) is 16.6. The van der Waals surface area contributed by atoms with Gasteiger partial charge >= 0.3 is 0 Å². The molecule has 5 heterocycles. The second kappa shape index (κ2) is 13.2. The fraction of sp³-hybridized carbons (Fsp3) is 0.205. The predicted molar refractivity (Wildman–Crippen MR) is 182 cm³/mol. The topological polar surface area (TPSA) is 127 Å². The smallest absolute Gasteiger partial charge is 0.273 e. The van der Waals surface area contributed by atoms with Crippen LogP contribution in [0.3, 0.4) is 0 Å². The van der Waals surface area contributed by atoms with Gasteiger partial charge in [0.2, 0.25) is 27.2 Å². The molecular formula is C39H31N3O10. The third-order valence-electron chi connectivity index (χ3n) is 9.04. The van der Waals surface area contributed by atoms with E-state index in [1.165, 1.54) is 6.20 Å². The molecule has 0 radical (unpaired) electrons. The van der Waals surface area contributed by atoms with Gasteiger partial charge in [-0.15, -0.1) is 0 Å². The average molecular weight is 702 g/mol. The van der Waals surface area contributed by atoms with Crippen molar-refractivity contribution in [3.05, 3.63) is 125 Å². The van der Waals surface area contributed by atoms with Gasteiger partial charge in [0, 0.05) is 37.9 Å². The summed E-state index contributed by atoms with van der Waals surface area (Å²) in [7, 11) is 0. The van der Waals surface area contributed by atoms with Crippen LogP contribution in [0.25, 0.3) is 0 Å². The average Bonchev–Trinajstić information content (AvgIpc) is 4.00. The van der Waals surface area contributed by atoms with Crippen molar-refractivity contribution in [1.82, 2.24) is 14.8 Å². The van der Waals surface area contributed by atoms with Gasteiger partial charge in [0.15, 0.2) is 46.0 Å². The summed E-state index contributed by atoms with van der Waals surface area (Å²) in [4.78, 5) is 36.5. The van der Waals surface area contributed by atoms with E-state index in [9.17, 15) is 9.59 Å². The van der Waals surface area contributed by atoms with Crippen molar-refractivity contribution in [2.45, 2.75) is 26.2 Å². The molecule has 13 heteroatoms. The highest BCUT2D eigenvalue weighted by molar-refractivity contribution is 5.98. The van der Waals surface area contributed by atoms with Crippen molar-refractivity contribution >= 4 is 11.8 Å². The van der Waals surface area contributed by atoms with E-state index in [4.69, 9.17) is 37.9 Å². The minimum atomic E-state index is -0.358. The van der Waals surface area contributed by atoms with E-state index < -0.39 is 0 Å². The molecule has 1 aromatic heterocycles. The molecule has 0 aliphatic carbocycles. The molecule has 4 aromatic carbocycles. The van der Waals surface area contributed by atoms with E-state index in [1.807, 2.05) is 72.8 Å². The van der Waals surface area contributed by atoms with Crippen molar-refractivity contribution in [1.29, 1.82) is 0 Å². The van der Waals surface area contributed by atoms with E-state index in [0.717, 1.165) is 22.3 Å². The third-order valence-corrected chi connectivity index (χ3v) is 9.04. The lowest BCUT2D eigenvalue weighted by molar-refractivity contribution is 0.0722. The third kappa shape index (κ3) is 6.28. The van der Waals surface area contributed by atoms with Crippen LogP contribution in [0.2, 0.25) is 0 Å². The number of rotatable bonds is 10. The Morgan fingerprint density at radius 1 is 0.442 bits per heavy atom. The Balaban J connectivity index is 1.01. The van der Waals surface area contributed by atoms with Gasteiger partial charge < -0.3 is 47.7 Å². The maximum atomic E-state index is 14.4. The molecule has 52 heavy (non-hydrogen) atoms. The van der Waals surface area contributed by atoms with Crippen LogP contribution in [0.1, 0.15) is 43.1 Å². The number of aromatic nitrogens is 1. The molecule has 4 aliphatic heterocycles. The second-order valence-electron chi connectivity index (χ2n) is 12.5. The van der Waals surface area contributed by atoms with Crippen molar-refractivity contribution in [3.63, 3.8) is 0 Å². The summed E-state index contributed by atoms with van der Waals surface area (Å²) in [5.41, 5.74) is 3.81. The van der Waals surface area contributed by atoms with Gasteiger partial charge in [-0.3, -0.25) is 14.6 Å². The highest BCUT2D eigenvalue weighted by Crippen LogP contribution is 2.37. The van der Waals surface area contributed by atoms with Crippen LogP contribution in [-0.4, -0.2) is 53.8 Å². The molecule has 2 amide bonds. The summed E-state index contributed by atoms with van der Waals surface area (Å²) in [5.74, 6) is 4.43. The minimum absolute atomic E-state index is 0.124. The Morgan fingerprint density at radius 3 is 1.17 bits per heavy atom. The van der Waals surface area contributed by atoms with E-state index in [0.29, 0.717) is 51.6 Å². The first-order chi connectivity index (χ1) is 25.5. The van der Waals surface area contributed by atoms with Crippen LogP contribution >= 0.6 is 0 Å². The SMILES string of the molecule is O=C(c1ccnc(C(=O)N(Cc2ccc3c(c2)OCO3)Cc2ccc3c(c2)OCO3)c1)N(Cc1ccc2c(c1)OCO2)Cc1ccc2c(c1)OCO2. The van der Waals surface area contributed by atoms with Crippen molar-refractivity contribution in [3.8, 4) is 46.0 Å². The Hall–Kier alpha value is -6.63. The van der Waals surface area contributed by atoms with Gasteiger partial charge in [-0.05, 0) is 82.9 Å². The van der Waals surface area contributed by atoms with E-state index in [-0.39, 0.29) is 70.9 Å². The van der Waals surface area contributed by atoms with Crippen molar-refractivity contribution in [2.75, 3.05) is 27.2 Å². The Kier molecular flexibility index (Phi) is 7.99. The Labute approximate surface area is 297 Å². The minimum Gasteiger partial charge on any atom is -0.454 e. The molecule has 0 spiro atoms. The monoisotopic (exact) mass is 701 g/mol. The molecule has 0 N–H and O–H groups in total. The Bertz CT molecular complexity index is 1940. The second-order valence-corrected chi connectivity index (χ2v) is 12.5. The standard InChI is InChI=1S/C39H31N3O10/c43-38(41(16-24-1-5-30-34(11-24)49-20-45-30)17-25-2-6-31-35(12-25)50-21-46-31)28-9-10-40-29(15-28)39(44)42(18-26-3-7-32-36(13-26)51-22-47-32)19-27-4-8-33-37(14-27)52-23-48-33/h1-15H,16-23H2. The molecule has 13 nitrogen and oxygen atoms in total. The molecule has 0 unspecified atom stereocenters. The van der Waals surface area contributed by atoms with Crippen LogP contribution < -0.4 is 37.9 Å². The lowest BCUT2D eigenvalue weighted by Gasteiger charge is -2.25. The number of carbonyl (C=O) groups is 2. The number of carbonyl (C=O) groups excluding carboxylic acids is 2. The van der Waals surface area contributed by atoms with E-state index in [1.54, 1.807) is 21.9 Å². The molecule has 5 aromatic rings. The largest absolute Gasteiger partial charge is 0.454 e. The molecule has 0 atom stereocenters. The zero-order valence-electron chi connectivity index (χ0n) is 27.7. The lowest BCUT2D eigenvalue weighted by atomic mass is 10.1. The molecule has 0 bridgehead atoms. The highest BCUT2D eigenvalue weighted by atomic mass is 16.7. The number of fused-ring (bicyclic) bond motifs is 4. The molecule has 0 fully saturated rings. The van der Waals surface area contributed by atoms with Crippen molar-refractivity contribution in [2.24, 2.45) is 0 Å². The molecule has 0 saturated heterocycles. The molecule has 0 saturated carbocycles. The van der Waals surface area contributed by atoms with E-state index in [2.05, 4.69) is 4.98 Å². The summed E-state index contributed by atoms with van der Waals surface area (Å²) < 4.78 is 44.3. The summed E-state index contributed by atoms with van der Waals surface area (Å²) >= 11 is 0. The molecule has 9 rings (SSSR count). The first-order valence-corrected chi connectivity index (χ1v) is 16.6. The fourth-order valence-corrected chi connectivity index (χ4v) is 6.46. The predicted octanol–water partition coefficient (Wildman–Crippen LogP) is 5.68. The van der Waals surface area contributed by atoms with Crippen LogP contribution in [0.4, 0.5) is 0 Å². The summed E-state index contributed by atoms with van der Waals surface area (Å²) in [6.45, 7) is 1.58. The maximum absolute atomic E-state index is 14.4. The van der Waals surface area contributed by atoms with Gasteiger partial charge in [-0.2, -0.15) is 0 Å². The van der Waals surface area contributed by atoms with Crippen LogP contribution in [0, 0.1) is 0 Å². The zero-order chi connectivity index (χ0) is 35.0.